The maximum atomic E-state index is 13.4. The third-order valence-corrected chi connectivity index (χ3v) is 6.28. The van der Waals surface area contributed by atoms with Gasteiger partial charge in [-0.2, -0.15) is 5.10 Å². The van der Waals surface area contributed by atoms with Crippen LogP contribution in [0.25, 0.3) is 22.6 Å². The zero-order valence-electron chi connectivity index (χ0n) is 18.6. The van der Waals surface area contributed by atoms with Crippen LogP contribution in [0.3, 0.4) is 0 Å². The van der Waals surface area contributed by atoms with Crippen LogP contribution in [0.15, 0.2) is 67.0 Å². The highest BCUT2D eigenvalue weighted by atomic mass is 16.5. The summed E-state index contributed by atoms with van der Waals surface area (Å²) < 4.78 is 9.13. The van der Waals surface area contributed by atoms with E-state index in [1.165, 1.54) is 0 Å². The van der Waals surface area contributed by atoms with E-state index < -0.39 is 0 Å². The van der Waals surface area contributed by atoms with Crippen molar-refractivity contribution in [2.45, 2.75) is 12.5 Å². The van der Waals surface area contributed by atoms with Gasteiger partial charge in [0.05, 0.1) is 29.6 Å². The number of ether oxygens (including phenoxy) is 1. The molecule has 7 heteroatoms. The number of fused-ring (bicyclic) bond motifs is 1. The molecule has 4 heterocycles. The van der Waals surface area contributed by atoms with Gasteiger partial charge in [-0.1, -0.05) is 6.07 Å². The fourth-order valence-corrected chi connectivity index (χ4v) is 4.38. The number of benzene rings is 1. The molecule has 0 saturated carbocycles. The maximum Gasteiger partial charge on any atom is 0.256 e. The Bertz CT molecular complexity index is 1260. The van der Waals surface area contributed by atoms with Crippen LogP contribution in [0.1, 0.15) is 16.8 Å². The number of amides is 1. The van der Waals surface area contributed by atoms with Gasteiger partial charge >= 0.3 is 0 Å². The van der Waals surface area contributed by atoms with Gasteiger partial charge in [0.1, 0.15) is 11.4 Å². The van der Waals surface area contributed by atoms with E-state index in [0.29, 0.717) is 6.04 Å². The molecular formula is C25H27N5O2. The standard InChI is InChI=1S/C25H27N5O2/c1-27(2)19-11-14-28(17-19)25(31)21-16-24(29-13-5-4-6-23(21)29)22-12-15-30(26-22)18-7-9-20(32-3)10-8-18/h4-10,12-13,15-16,19H,11,14,17H2,1-3H3/t19-/m1/s1. The van der Waals surface area contributed by atoms with Crippen molar-refractivity contribution in [2.75, 3.05) is 34.3 Å². The molecule has 4 aromatic rings. The van der Waals surface area contributed by atoms with E-state index in [9.17, 15) is 4.79 Å². The summed E-state index contributed by atoms with van der Waals surface area (Å²) in [7, 11) is 5.80. The van der Waals surface area contributed by atoms with Gasteiger partial charge in [0.25, 0.3) is 5.91 Å². The molecule has 0 aliphatic carbocycles. The van der Waals surface area contributed by atoms with E-state index in [-0.39, 0.29) is 5.91 Å². The Labute approximate surface area is 187 Å². The quantitative estimate of drug-likeness (QED) is 0.487. The summed E-state index contributed by atoms with van der Waals surface area (Å²) in [4.78, 5) is 17.6. The molecule has 164 valence electrons. The molecule has 1 atom stereocenters. The van der Waals surface area contributed by atoms with Gasteiger partial charge in [0.2, 0.25) is 0 Å². The van der Waals surface area contributed by atoms with Gasteiger partial charge in [0, 0.05) is 31.5 Å². The predicted molar refractivity (Wildman–Crippen MR) is 125 cm³/mol. The monoisotopic (exact) mass is 429 g/mol. The number of carbonyl (C=O) groups excluding carboxylic acids is 1. The normalized spacial score (nSPS) is 16.2. The van der Waals surface area contributed by atoms with Crippen molar-refractivity contribution in [3.63, 3.8) is 0 Å². The van der Waals surface area contributed by atoms with Gasteiger partial charge in [-0.15, -0.1) is 0 Å². The molecule has 0 spiro atoms. The number of hydrogen-bond donors (Lipinski definition) is 0. The molecule has 3 aromatic heterocycles. The molecule has 1 aromatic carbocycles. The second kappa shape index (κ2) is 8.16. The van der Waals surface area contributed by atoms with Crippen LogP contribution < -0.4 is 4.74 Å². The molecule has 1 fully saturated rings. The lowest BCUT2D eigenvalue weighted by atomic mass is 10.2. The number of rotatable bonds is 5. The Hall–Kier alpha value is -3.58. The number of methoxy groups -OCH3 is 1. The van der Waals surface area contributed by atoms with E-state index in [1.807, 2.05) is 81.0 Å². The Morgan fingerprint density at radius 3 is 2.62 bits per heavy atom. The third-order valence-electron chi connectivity index (χ3n) is 6.28. The van der Waals surface area contributed by atoms with Crippen molar-refractivity contribution in [2.24, 2.45) is 0 Å². The van der Waals surface area contributed by atoms with Crippen LogP contribution in [0.2, 0.25) is 0 Å². The molecule has 1 amide bonds. The van der Waals surface area contributed by atoms with E-state index in [4.69, 9.17) is 9.84 Å². The van der Waals surface area contributed by atoms with Crippen molar-refractivity contribution in [3.8, 4) is 22.8 Å². The van der Waals surface area contributed by atoms with Crippen molar-refractivity contribution in [1.82, 2.24) is 24.0 Å². The first-order valence-corrected chi connectivity index (χ1v) is 10.8. The number of aromatic nitrogens is 3. The zero-order valence-corrected chi connectivity index (χ0v) is 18.6. The lowest BCUT2D eigenvalue weighted by Crippen LogP contribution is -2.34. The number of likely N-dealkylation sites (tertiary alicyclic amines) is 1. The molecule has 0 unspecified atom stereocenters. The van der Waals surface area contributed by atoms with Gasteiger partial charge in [0.15, 0.2) is 0 Å². The Balaban J connectivity index is 1.49. The fraction of sp³-hybridized carbons (Fsp3) is 0.280. The zero-order chi connectivity index (χ0) is 22.2. The molecule has 0 N–H and O–H groups in total. The molecule has 32 heavy (non-hydrogen) atoms. The fourth-order valence-electron chi connectivity index (χ4n) is 4.38. The van der Waals surface area contributed by atoms with Crippen LogP contribution in [-0.4, -0.2) is 70.2 Å². The summed E-state index contributed by atoms with van der Waals surface area (Å²) in [5.74, 6) is 0.888. The SMILES string of the molecule is COc1ccc(-n2ccc(-c3cc(C(=O)N4CC[C@@H](N(C)C)C4)c4ccccn34)n2)cc1. The van der Waals surface area contributed by atoms with Gasteiger partial charge in [-0.25, -0.2) is 4.68 Å². The average molecular weight is 430 g/mol. The molecule has 1 aliphatic heterocycles. The molecule has 1 saturated heterocycles. The molecule has 1 aliphatic rings. The molecule has 5 rings (SSSR count). The minimum atomic E-state index is 0.0823. The summed E-state index contributed by atoms with van der Waals surface area (Å²) in [5, 5.41) is 4.79. The smallest absolute Gasteiger partial charge is 0.256 e. The number of pyridine rings is 1. The van der Waals surface area contributed by atoms with Crippen LogP contribution in [0, 0.1) is 0 Å². The summed E-state index contributed by atoms with van der Waals surface area (Å²) in [6, 6.07) is 18.1. The summed E-state index contributed by atoms with van der Waals surface area (Å²) in [6.07, 6.45) is 4.92. The van der Waals surface area contributed by atoms with Crippen molar-refractivity contribution >= 4 is 11.4 Å². The van der Waals surface area contributed by atoms with Crippen molar-refractivity contribution in [3.05, 3.63) is 72.6 Å². The average Bonchev–Trinajstić information content (AvgIpc) is 3.57. The largest absolute Gasteiger partial charge is 0.497 e. The van der Waals surface area contributed by atoms with Crippen molar-refractivity contribution < 1.29 is 9.53 Å². The van der Waals surface area contributed by atoms with Crippen molar-refractivity contribution in [1.29, 1.82) is 0 Å². The van der Waals surface area contributed by atoms with Gasteiger partial charge in [-0.05, 0) is 69.0 Å². The van der Waals surface area contributed by atoms with Crippen LogP contribution in [0.5, 0.6) is 5.75 Å². The number of carbonyl (C=O) groups is 1. The Kier molecular flexibility index (Phi) is 5.19. The second-order valence-corrected chi connectivity index (χ2v) is 8.40. The highest BCUT2D eigenvalue weighted by Crippen LogP contribution is 2.28. The van der Waals surface area contributed by atoms with E-state index in [0.717, 1.165) is 53.4 Å². The highest BCUT2D eigenvalue weighted by Gasteiger charge is 2.30. The molecular weight excluding hydrogens is 402 g/mol. The Morgan fingerprint density at radius 2 is 1.91 bits per heavy atom. The summed E-state index contributed by atoms with van der Waals surface area (Å²) in [6.45, 7) is 1.55. The Morgan fingerprint density at radius 1 is 1.09 bits per heavy atom. The summed E-state index contributed by atoms with van der Waals surface area (Å²) >= 11 is 0. The predicted octanol–water partition coefficient (Wildman–Crippen LogP) is 3.58. The van der Waals surface area contributed by atoms with E-state index >= 15 is 0 Å². The van der Waals surface area contributed by atoms with Gasteiger partial charge in [-0.3, -0.25) is 4.79 Å². The lowest BCUT2D eigenvalue weighted by molar-refractivity contribution is 0.0785. The first-order chi connectivity index (χ1) is 15.5. The molecule has 0 bridgehead atoms. The van der Waals surface area contributed by atoms with Crippen LogP contribution in [-0.2, 0) is 0 Å². The number of nitrogens with zero attached hydrogens (tertiary/aromatic N) is 5. The first kappa shape index (κ1) is 20.3. The van der Waals surface area contributed by atoms with Crippen LogP contribution in [0.4, 0.5) is 0 Å². The maximum absolute atomic E-state index is 13.4. The summed E-state index contributed by atoms with van der Waals surface area (Å²) in [5.41, 5.74) is 4.29. The minimum absolute atomic E-state index is 0.0823. The topological polar surface area (TPSA) is 55.0 Å². The van der Waals surface area contributed by atoms with E-state index in [1.54, 1.807) is 7.11 Å². The third kappa shape index (κ3) is 3.54. The second-order valence-electron chi connectivity index (χ2n) is 8.40. The number of hydrogen-bond acceptors (Lipinski definition) is 4. The first-order valence-electron chi connectivity index (χ1n) is 10.8. The van der Waals surface area contributed by atoms with E-state index in [2.05, 4.69) is 19.0 Å². The lowest BCUT2D eigenvalue weighted by Gasteiger charge is -2.20. The molecule has 0 radical (unpaired) electrons. The number of likely N-dealkylation sites (N-methyl/N-ethyl adjacent to an activating group) is 1. The minimum Gasteiger partial charge on any atom is -0.497 e. The van der Waals surface area contributed by atoms with Gasteiger partial charge < -0.3 is 18.9 Å². The molecule has 7 nitrogen and oxygen atoms in total. The van der Waals surface area contributed by atoms with Crippen LogP contribution >= 0.6 is 0 Å². The highest BCUT2D eigenvalue weighted by molar-refractivity contribution is 6.03.